The van der Waals surface area contributed by atoms with Gasteiger partial charge in [0.15, 0.2) is 0 Å². The fourth-order valence-electron chi connectivity index (χ4n) is 3.14. The minimum absolute atomic E-state index is 0.821. The molecule has 112 valence electrons. The molecule has 0 bridgehead atoms. The highest BCUT2D eigenvalue weighted by atomic mass is 15.3. The third-order valence-electron chi connectivity index (χ3n) is 4.52. The zero-order valence-electron chi connectivity index (χ0n) is 12.9. The summed E-state index contributed by atoms with van der Waals surface area (Å²) < 4.78 is 0. The fourth-order valence-corrected chi connectivity index (χ4v) is 3.14. The molecular formula is C15H32N4. The number of hydrogen-bond acceptors (Lipinski definition) is 4. The molecule has 0 aromatic heterocycles. The molecule has 0 aromatic rings. The Labute approximate surface area is 119 Å². The Balaban J connectivity index is 1.50. The Morgan fingerprint density at radius 2 is 1.74 bits per heavy atom. The van der Waals surface area contributed by atoms with Crippen LogP contribution in [0.3, 0.4) is 0 Å². The summed E-state index contributed by atoms with van der Waals surface area (Å²) in [6.07, 6.45) is 5.53. The second-order valence-electron chi connectivity index (χ2n) is 6.42. The van der Waals surface area contributed by atoms with Gasteiger partial charge in [0, 0.05) is 45.3 Å². The van der Waals surface area contributed by atoms with Crippen LogP contribution in [-0.4, -0.2) is 87.2 Å². The van der Waals surface area contributed by atoms with Gasteiger partial charge in [0.05, 0.1) is 0 Å². The number of hydrogen-bond donors (Lipinski definition) is 1. The van der Waals surface area contributed by atoms with Crippen LogP contribution in [0, 0.1) is 0 Å². The molecule has 19 heavy (non-hydrogen) atoms. The maximum absolute atomic E-state index is 3.60. The van der Waals surface area contributed by atoms with E-state index < -0.39 is 0 Å². The van der Waals surface area contributed by atoms with E-state index in [1.165, 1.54) is 78.0 Å². The predicted molar refractivity (Wildman–Crippen MR) is 81.7 cm³/mol. The molecular weight excluding hydrogens is 236 g/mol. The first-order valence-corrected chi connectivity index (χ1v) is 8.07. The molecule has 0 saturated carbocycles. The molecule has 2 rings (SSSR count). The first-order valence-electron chi connectivity index (χ1n) is 8.07. The van der Waals surface area contributed by atoms with Crippen LogP contribution >= 0.6 is 0 Å². The Bertz CT molecular complexity index is 230. The van der Waals surface area contributed by atoms with E-state index in [1.54, 1.807) is 0 Å². The molecule has 4 nitrogen and oxygen atoms in total. The van der Waals surface area contributed by atoms with Crippen LogP contribution in [0.1, 0.15) is 25.7 Å². The topological polar surface area (TPSA) is 21.8 Å². The van der Waals surface area contributed by atoms with Gasteiger partial charge < -0.3 is 15.1 Å². The summed E-state index contributed by atoms with van der Waals surface area (Å²) in [4.78, 5) is 7.54. The molecule has 2 heterocycles. The summed E-state index contributed by atoms with van der Waals surface area (Å²) in [5.41, 5.74) is 0. The molecule has 2 aliphatic heterocycles. The molecule has 0 aromatic carbocycles. The van der Waals surface area contributed by atoms with E-state index in [4.69, 9.17) is 0 Å². The van der Waals surface area contributed by atoms with Gasteiger partial charge >= 0.3 is 0 Å². The molecule has 1 atom stereocenters. The predicted octanol–water partition coefficient (Wildman–Crippen LogP) is 0.698. The first kappa shape index (κ1) is 15.2. The smallest absolute Gasteiger partial charge is 0.0110 e. The number of nitrogens with zero attached hydrogens (tertiary/aromatic N) is 3. The van der Waals surface area contributed by atoms with E-state index in [1.807, 2.05) is 0 Å². The second-order valence-corrected chi connectivity index (χ2v) is 6.42. The number of nitrogens with one attached hydrogen (secondary N) is 1. The SMILES string of the molecule is CN(C)CCN1CCN(CCCC2CCCN2)CC1. The monoisotopic (exact) mass is 268 g/mol. The summed E-state index contributed by atoms with van der Waals surface area (Å²) in [5.74, 6) is 0. The van der Waals surface area contributed by atoms with Crippen molar-refractivity contribution in [3.8, 4) is 0 Å². The third kappa shape index (κ3) is 5.78. The van der Waals surface area contributed by atoms with E-state index in [0.717, 1.165) is 6.04 Å². The molecule has 4 heteroatoms. The molecule has 1 unspecified atom stereocenters. The fraction of sp³-hybridized carbons (Fsp3) is 1.00. The van der Waals surface area contributed by atoms with Crippen LogP contribution in [-0.2, 0) is 0 Å². The second kappa shape index (κ2) is 8.20. The average Bonchev–Trinajstić information content (AvgIpc) is 2.91. The number of rotatable bonds is 7. The van der Waals surface area contributed by atoms with Crippen molar-refractivity contribution in [1.82, 2.24) is 20.0 Å². The lowest BCUT2D eigenvalue weighted by atomic mass is 10.1. The quantitative estimate of drug-likeness (QED) is 0.733. The molecule has 2 saturated heterocycles. The lowest BCUT2D eigenvalue weighted by Crippen LogP contribution is -2.48. The molecule has 2 aliphatic rings. The number of piperazine rings is 1. The van der Waals surface area contributed by atoms with Crippen LogP contribution in [0.25, 0.3) is 0 Å². The van der Waals surface area contributed by atoms with Crippen molar-refractivity contribution in [3.05, 3.63) is 0 Å². The lowest BCUT2D eigenvalue weighted by Gasteiger charge is -2.35. The van der Waals surface area contributed by atoms with E-state index >= 15 is 0 Å². The molecule has 2 fully saturated rings. The standard InChI is InChI=1S/C15H32N4/c1-17(2)9-10-19-13-11-18(12-14-19)8-4-6-15-5-3-7-16-15/h15-16H,3-14H2,1-2H3. The molecule has 1 N–H and O–H groups in total. The zero-order chi connectivity index (χ0) is 13.5. The minimum Gasteiger partial charge on any atom is -0.314 e. The zero-order valence-corrected chi connectivity index (χ0v) is 12.9. The van der Waals surface area contributed by atoms with E-state index in [2.05, 4.69) is 34.1 Å². The van der Waals surface area contributed by atoms with Crippen molar-refractivity contribution in [1.29, 1.82) is 0 Å². The lowest BCUT2D eigenvalue weighted by molar-refractivity contribution is 0.123. The van der Waals surface area contributed by atoms with Crippen molar-refractivity contribution in [2.45, 2.75) is 31.7 Å². The van der Waals surface area contributed by atoms with Crippen LogP contribution in [0.4, 0.5) is 0 Å². The van der Waals surface area contributed by atoms with Crippen molar-refractivity contribution in [2.75, 3.05) is 66.5 Å². The summed E-state index contributed by atoms with van der Waals surface area (Å²) in [6.45, 7) is 10.0. The van der Waals surface area contributed by atoms with E-state index in [9.17, 15) is 0 Å². The molecule has 0 aliphatic carbocycles. The van der Waals surface area contributed by atoms with Crippen LogP contribution in [0.15, 0.2) is 0 Å². The van der Waals surface area contributed by atoms with Crippen molar-refractivity contribution < 1.29 is 0 Å². The Morgan fingerprint density at radius 1 is 1.05 bits per heavy atom. The van der Waals surface area contributed by atoms with Crippen LogP contribution < -0.4 is 5.32 Å². The highest BCUT2D eigenvalue weighted by molar-refractivity contribution is 4.76. The molecule has 0 amide bonds. The van der Waals surface area contributed by atoms with Crippen LogP contribution in [0.5, 0.6) is 0 Å². The van der Waals surface area contributed by atoms with E-state index in [-0.39, 0.29) is 0 Å². The Kier molecular flexibility index (Phi) is 6.57. The van der Waals surface area contributed by atoms with Gasteiger partial charge in [-0.05, 0) is 52.9 Å². The van der Waals surface area contributed by atoms with Gasteiger partial charge in [-0.3, -0.25) is 4.90 Å². The van der Waals surface area contributed by atoms with Gasteiger partial charge in [0.2, 0.25) is 0 Å². The summed E-state index contributed by atoms with van der Waals surface area (Å²) in [6, 6.07) is 0.821. The normalized spacial score (nSPS) is 26.4. The van der Waals surface area contributed by atoms with E-state index in [0.29, 0.717) is 0 Å². The Hall–Kier alpha value is -0.160. The van der Waals surface area contributed by atoms with Crippen molar-refractivity contribution in [2.24, 2.45) is 0 Å². The summed E-state index contributed by atoms with van der Waals surface area (Å²) in [5, 5.41) is 3.60. The van der Waals surface area contributed by atoms with Crippen molar-refractivity contribution >= 4 is 0 Å². The van der Waals surface area contributed by atoms with Gasteiger partial charge in [-0.1, -0.05) is 0 Å². The minimum atomic E-state index is 0.821. The third-order valence-corrected chi connectivity index (χ3v) is 4.52. The van der Waals surface area contributed by atoms with Gasteiger partial charge in [0.25, 0.3) is 0 Å². The van der Waals surface area contributed by atoms with Crippen LogP contribution in [0.2, 0.25) is 0 Å². The van der Waals surface area contributed by atoms with Gasteiger partial charge in [0.1, 0.15) is 0 Å². The largest absolute Gasteiger partial charge is 0.314 e. The first-order chi connectivity index (χ1) is 9.24. The van der Waals surface area contributed by atoms with Crippen molar-refractivity contribution in [3.63, 3.8) is 0 Å². The van der Waals surface area contributed by atoms with Gasteiger partial charge in [-0.15, -0.1) is 0 Å². The maximum atomic E-state index is 3.60. The highest BCUT2D eigenvalue weighted by Crippen LogP contribution is 2.11. The van der Waals surface area contributed by atoms with Gasteiger partial charge in [-0.2, -0.15) is 0 Å². The van der Waals surface area contributed by atoms with Gasteiger partial charge in [-0.25, -0.2) is 0 Å². The average molecular weight is 268 g/mol. The highest BCUT2D eigenvalue weighted by Gasteiger charge is 2.17. The summed E-state index contributed by atoms with van der Waals surface area (Å²) >= 11 is 0. The molecule has 0 spiro atoms. The maximum Gasteiger partial charge on any atom is 0.0110 e. The summed E-state index contributed by atoms with van der Waals surface area (Å²) in [7, 11) is 4.32. The number of likely N-dealkylation sites (N-methyl/N-ethyl adjacent to an activating group) is 1. The Morgan fingerprint density at radius 3 is 2.32 bits per heavy atom. The molecule has 0 radical (unpaired) electrons.